The third-order valence-electron chi connectivity index (χ3n) is 4.89. The molecular formula is C28H18Cl4CuN4O4. The zero-order valence-corrected chi connectivity index (χ0v) is 24.5. The van der Waals surface area contributed by atoms with Crippen molar-refractivity contribution in [3.63, 3.8) is 0 Å². The number of rotatable bonds is 6. The van der Waals surface area contributed by atoms with E-state index in [-0.39, 0.29) is 50.1 Å². The number of nitrogens with zero attached hydrogens (tertiary/aromatic N) is 2. The van der Waals surface area contributed by atoms with Gasteiger partial charge in [0.05, 0.1) is 12.4 Å². The van der Waals surface area contributed by atoms with Crippen LogP contribution in [0.2, 0.25) is 20.1 Å². The Morgan fingerprint density at radius 2 is 0.951 bits per heavy atom. The molecule has 4 rings (SSSR count). The van der Waals surface area contributed by atoms with Crippen LogP contribution in [-0.2, 0) is 17.1 Å². The summed E-state index contributed by atoms with van der Waals surface area (Å²) in [6.45, 7) is 0. The van der Waals surface area contributed by atoms with Crippen molar-refractivity contribution in [1.82, 2.24) is 10.9 Å². The van der Waals surface area contributed by atoms with E-state index >= 15 is 0 Å². The van der Waals surface area contributed by atoms with Crippen LogP contribution < -0.4 is 21.1 Å². The Morgan fingerprint density at radius 1 is 0.610 bits per heavy atom. The first-order valence-corrected chi connectivity index (χ1v) is 12.8. The molecule has 0 atom stereocenters. The molecule has 0 aliphatic rings. The van der Waals surface area contributed by atoms with Crippen molar-refractivity contribution >= 4 is 70.6 Å². The molecule has 0 aliphatic carbocycles. The van der Waals surface area contributed by atoms with Crippen molar-refractivity contribution in [1.29, 1.82) is 0 Å². The first kappa shape index (κ1) is 33.6. The molecule has 13 heteroatoms. The summed E-state index contributed by atoms with van der Waals surface area (Å²) in [5.74, 6) is -1.53. The Kier molecular flexibility index (Phi) is 13.7. The summed E-state index contributed by atoms with van der Waals surface area (Å²) < 4.78 is 0. The molecule has 4 aromatic rings. The number of benzene rings is 4. The number of nitrogens with one attached hydrogen (secondary N) is 2. The fourth-order valence-electron chi connectivity index (χ4n) is 2.98. The van der Waals surface area contributed by atoms with E-state index in [1.54, 1.807) is 60.7 Å². The third kappa shape index (κ3) is 10.4. The summed E-state index contributed by atoms with van der Waals surface area (Å²) >= 11 is 23.0. The molecule has 213 valence electrons. The molecule has 0 heterocycles. The van der Waals surface area contributed by atoms with Crippen LogP contribution in [0.5, 0.6) is 11.5 Å². The first-order chi connectivity index (χ1) is 19.2. The smallest absolute Gasteiger partial charge is 0.871 e. The van der Waals surface area contributed by atoms with Gasteiger partial charge in [-0.3, -0.25) is 9.59 Å². The first-order valence-electron chi connectivity index (χ1n) is 11.2. The van der Waals surface area contributed by atoms with E-state index < -0.39 is 11.5 Å². The quantitative estimate of drug-likeness (QED) is 0.155. The van der Waals surface area contributed by atoms with Crippen LogP contribution in [0.3, 0.4) is 0 Å². The summed E-state index contributed by atoms with van der Waals surface area (Å²) in [6.07, 6.45) is 2.42. The second-order valence-corrected chi connectivity index (χ2v) is 9.43. The Bertz CT molecular complexity index is 1440. The van der Waals surface area contributed by atoms with Gasteiger partial charge in [-0.15, -0.1) is 0 Å². The second kappa shape index (κ2) is 16.6. The number of hydrogen-bond acceptors (Lipinski definition) is 6. The van der Waals surface area contributed by atoms with Gasteiger partial charge in [0.15, 0.2) is 0 Å². The number of hydrazone groups is 2. The van der Waals surface area contributed by atoms with Crippen LogP contribution in [0, 0.1) is 0 Å². The minimum absolute atomic E-state index is 0. The third-order valence-corrected chi connectivity index (χ3v) is 5.88. The molecule has 4 aromatic carbocycles. The minimum atomic E-state index is -0.395. The average Bonchev–Trinajstić information content (AvgIpc) is 2.95. The van der Waals surface area contributed by atoms with Gasteiger partial charge in [0.1, 0.15) is 0 Å². The number of halogens is 4. The molecule has 41 heavy (non-hydrogen) atoms. The Hall–Kier alpha value is -3.56. The van der Waals surface area contributed by atoms with Crippen molar-refractivity contribution in [3.8, 4) is 11.5 Å². The number of carbonyl (C=O) groups excluding carboxylic acids is 2. The van der Waals surface area contributed by atoms with Gasteiger partial charge >= 0.3 is 17.1 Å². The molecule has 2 N–H and O–H groups in total. The van der Waals surface area contributed by atoms with Gasteiger partial charge in [0.2, 0.25) is 0 Å². The van der Waals surface area contributed by atoms with Gasteiger partial charge in [-0.25, -0.2) is 10.9 Å². The van der Waals surface area contributed by atoms with Crippen molar-refractivity contribution in [2.45, 2.75) is 0 Å². The molecule has 8 nitrogen and oxygen atoms in total. The fourth-order valence-corrected chi connectivity index (χ4v) is 4.00. The topological polar surface area (TPSA) is 129 Å². The van der Waals surface area contributed by atoms with Crippen LogP contribution in [0.4, 0.5) is 0 Å². The summed E-state index contributed by atoms with van der Waals surface area (Å²) in [5, 5.41) is 31.4. The molecule has 0 fully saturated rings. The Morgan fingerprint density at radius 3 is 1.29 bits per heavy atom. The van der Waals surface area contributed by atoms with Crippen LogP contribution >= 0.6 is 46.4 Å². The van der Waals surface area contributed by atoms with Gasteiger partial charge in [-0.1, -0.05) is 94.3 Å². The summed E-state index contributed by atoms with van der Waals surface area (Å²) in [5.41, 5.74) is 5.98. The van der Waals surface area contributed by atoms with E-state index in [0.717, 1.165) is 0 Å². The number of hydrogen-bond donors (Lipinski definition) is 2. The molecular weight excluding hydrogens is 662 g/mol. The molecule has 2 amide bonds. The molecule has 0 saturated heterocycles. The maximum Gasteiger partial charge on any atom is 2.00 e. The molecule has 0 aliphatic heterocycles. The van der Waals surface area contributed by atoms with Gasteiger partial charge in [0, 0.05) is 31.2 Å². The Labute approximate surface area is 266 Å². The zero-order chi connectivity index (χ0) is 29.1. The van der Waals surface area contributed by atoms with Gasteiger partial charge in [0.25, 0.3) is 11.8 Å². The van der Waals surface area contributed by atoms with E-state index in [4.69, 9.17) is 46.4 Å². The van der Waals surface area contributed by atoms with Crippen molar-refractivity contribution in [3.05, 3.63) is 127 Å². The normalized spacial score (nSPS) is 10.4. The van der Waals surface area contributed by atoms with E-state index in [9.17, 15) is 19.8 Å². The largest absolute Gasteiger partial charge is 2.00 e. The van der Waals surface area contributed by atoms with Crippen LogP contribution in [0.25, 0.3) is 0 Å². The van der Waals surface area contributed by atoms with Crippen molar-refractivity contribution < 1.29 is 36.9 Å². The van der Waals surface area contributed by atoms with Crippen molar-refractivity contribution in [2.75, 3.05) is 0 Å². The summed E-state index contributed by atoms with van der Waals surface area (Å²) in [7, 11) is 0. The predicted molar refractivity (Wildman–Crippen MR) is 155 cm³/mol. The van der Waals surface area contributed by atoms with Gasteiger partial charge in [-0.2, -0.15) is 10.2 Å². The molecule has 0 unspecified atom stereocenters. The zero-order valence-electron chi connectivity index (χ0n) is 20.6. The summed E-state index contributed by atoms with van der Waals surface area (Å²) in [4.78, 5) is 23.4. The van der Waals surface area contributed by atoms with E-state index in [1.807, 2.05) is 0 Å². The molecule has 1 radical (unpaired) electrons. The molecule has 0 bridgehead atoms. The van der Waals surface area contributed by atoms with Crippen LogP contribution in [0.1, 0.15) is 31.8 Å². The fraction of sp³-hybridized carbons (Fsp3) is 0. The summed E-state index contributed by atoms with van der Waals surface area (Å²) in [6, 6.07) is 22.7. The average molecular weight is 680 g/mol. The molecule has 0 saturated carbocycles. The van der Waals surface area contributed by atoms with Crippen molar-refractivity contribution in [2.24, 2.45) is 10.2 Å². The maximum absolute atomic E-state index is 11.7. The number of amides is 2. The number of carbonyl (C=O) groups is 2. The van der Waals surface area contributed by atoms with E-state index in [2.05, 4.69) is 21.1 Å². The van der Waals surface area contributed by atoms with E-state index in [0.29, 0.717) is 21.2 Å². The van der Waals surface area contributed by atoms with Crippen LogP contribution in [0.15, 0.2) is 95.1 Å². The van der Waals surface area contributed by atoms with Gasteiger partial charge in [-0.05, 0) is 59.7 Å². The molecule has 0 aromatic heterocycles. The SMILES string of the molecule is O=C(N/N=C/c1cc(Cl)cc(Cl)c1[O-])c1ccccc1.O=C(N/N=C\c1cc(Cl)cc(Cl)c1[O-])c1ccccc1.[Cu+2]. The van der Waals surface area contributed by atoms with Gasteiger partial charge < -0.3 is 10.2 Å². The minimum Gasteiger partial charge on any atom is -0.871 e. The molecule has 0 spiro atoms. The maximum atomic E-state index is 11.7. The van der Waals surface area contributed by atoms with E-state index in [1.165, 1.54) is 36.7 Å². The predicted octanol–water partition coefficient (Wildman–Crippen LogP) is 5.66. The Balaban J connectivity index is 0.000000280. The standard InChI is InChI=1S/2C14H10Cl2N2O2.Cu/c2*15-11-6-10(13(19)12(16)7-11)8-17-18-14(20)9-4-2-1-3-5-9;/h2*1-8,19H,(H,18,20);/q;;+2/p-2/b17-8+;17-8-;. The monoisotopic (exact) mass is 677 g/mol. The second-order valence-electron chi connectivity index (χ2n) is 7.74. The van der Waals surface area contributed by atoms with Crippen LogP contribution in [-0.4, -0.2) is 24.2 Å².